The molecule has 0 fully saturated rings. The summed E-state index contributed by atoms with van der Waals surface area (Å²) < 4.78 is 31.7. The number of nitrogens with two attached hydrogens (primary N) is 1. The number of hydrogen-bond acceptors (Lipinski definition) is 2. The van der Waals surface area contributed by atoms with E-state index >= 15 is 0 Å². The summed E-state index contributed by atoms with van der Waals surface area (Å²) in [7, 11) is 1.52. The van der Waals surface area contributed by atoms with Crippen LogP contribution >= 0.6 is 0 Å². The van der Waals surface area contributed by atoms with Gasteiger partial charge >= 0.3 is 0 Å². The third-order valence-electron chi connectivity index (χ3n) is 2.62. The maximum Gasteiger partial charge on any atom is 0.163 e. The number of halogens is 2. The van der Waals surface area contributed by atoms with Gasteiger partial charge in [0.05, 0.1) is 12.1 Å². The van der Waals surface area contributed by atoms with E-state index in [9.17, 15) is 8.78 Å². The summed E-state index contributed by atoms with van der Waals surface area (Å²) >= 11 is 0. The van der Waals surface area contributed by atoms with Crippen molar-refractivity contribution < 1.29 is 13.5 Å². The lowest BCUT2D eigenvalue weighted by Crippen LogP contribution is -2.33. The molecule has 1 aromatic carbocycles. The predicted octanol–water partition coefficient (Wildman–Crippen LogP) is 2.64. The second-order valence-corrected chi connectivity index (χ2v) is 4.11. The van der Waals surface area contributed by atoms with E-state index < -0.39 is 17.7 Å². The minimum Gasteiger partial charge on any atom is -0.379 e. The molecule has 4 heteroatoms. The largest absolute Gasteiger partial charge is 0.379 e. The Labute approximate surface area is 94.4 Å². The normalized spacial score (nSPS) is 15.2. The van der Waals surface area contributed by atoms with E-state index in [1.54, 1.807) is 0 Å². The minimum absolute atomic E-state index is 0.127. The van der Waals surface area contributed by atoms with E-state index in [4.69, 9.17) is 10.5 Å². The Kier molecular flexibility index (Phi) is 4.38. The van der Waals surface area contributed by atoms with Gasteiger partial charge in [-0.3, -0.25) is 0 Å². The molecule has 0 heterocycles. The van der Waals surface area contributed by atoms with Crippen LogP contribution in [0.3, 0.4) is 0 Å². The van der Waals surface area contributed by atoms with Crippen molar-refractivity contribution >= 4 is 0 Å². The molecule has 0 aliphatic heterocycles. The Bertz CT molecular complexity index is 355. The Hall–Kier alpha value is -1.00. The maximum absolute atomic E-state index is 13.5. The summed E-state index contributed by atoms with van der Waals surface area (Å²) in [6.45, 7) is 3.84. The molecule has 2 atom stereocenters. The van der Waals surface area contributed by atoms with Crippen LogP contribution in [-0.4, -0.2) is 13.2 Å². The molecule has 0 spiro atoms. The summed E-state index contributed by atoms with van der Waals surface area (Å²) in [6.07, 6.45) is -0.337. The topological polar surface area (TPSA) is 35.2 Å². The Morgan fingerprint density at radius 3 is 2.38 bits per heavy atom. The highest BCUT2D eigenvalue weighted by Crippen LogP contribution is 2.25. The van der Waals surface area contributed by atoms with Crippen LogP contribution in [0.2, 0.25) is 0 Å². The van der Waals surface area contributed by atoms with E-state index in [0.717, 1.165) is 6.07 Å². The van der Waals surface area contributed by atoms with Crippen molar-refractivity contribution in [2.75, 3.05) is 7.11 Å². The smallest absolute Gasteiger partial charge is 0.163 e. The molecule has 0 bridgehead atoms. The fourth-order valence-electron chi connectivity index (χ4n) is 1.79. The van der Waals surface area contributed by atoms with Gasteiger partial charge in [0.1, 0.15) is 0 Å². The highest BCUT2D eigenvalue weighted by atomic mass is 19.2. The summed E-state index contributed by atoms with van der Waals surface area (Å²) in [5.41, 5.74) is 6.04. The molecule has 2 N–H and O–H groups in total. The lowest BCUT2D eigenvalue weighted by Gasteiger charge is -2.26. The lowest BCUT2D eigenvalue weighted by atomic mass is 9.94. The van der Waals surface area contributed by atoms with Crippen molar-refractivity contribution in [3.8, 4) is 0 Å². The average Bonchev–Trinajstić information content (AvgIpc) is 2.22. The first-order chi connectivity index (χ1) is 7.49. The van der Waals surface area contributed by atoms with Gasteiger partial charge in [0.15, 0.2) is 11.6 Å². The molecule has 0 aliphatic carbocycles. The summed E-state index contributed by atoms with van der Waals surface area (Å²) in [5.74, 6) is -1.65. The first-order valence-corrected chi connectivity index (χ1v) is 5.21. The van der Waals surface area contributed by atoms with E-state index in [1.165, 1.54) is 19.2 Å². The van der Waals surface area contributed by atoms with Gasteiger partial charge in [-0.05, 0) is 12.0 Å². The van der Waals surface area contributed by atoms with Crippen LogP contribution in [0.1, 0.15) is 25.5 Å². The average molecular weight is 229 g/mol. The zero-order valence-corrected chi connectivity index (χ0v) is 9.71. The van der Waals surface area contributed by atoms with Crippen molar-refractivity contribution in [2.45, 2.75) is 26.0 Å². The molecule has 0 aromatic heterocycles. The Morgan fingerprint density at radius 2 is 1.88 bits per heavy atom. The third-order valence-corrected chi connectivity index (χ3v) is 2.62. The van der Waals surface area contributed by atoms with Crippen LogP contribution < -0.4 is 5.73 Å². The molecule has 1 aromatic rings. The lowest BCUT2D eigenvalue weighted by molar-refractivity contribution is 0.0426. The first-order valence-electron chi connectivity index (χ1n) is 5.21. The third kappa shape index (κ3) is 2.57. The van der Waals surface area contributed by atoms with Crippen LogP contribution in [0.15, 0.2) is 18.2 Å². The van der Waals surface area contributed by atoms with Gasteiger partial charge in [0.2, 0.25) is 0 Å². The molecule has 2 nitrogen and oxygen atoms in total. The summed E-state index contributed by atoms with van der Waals surface area (Å²) in [5, 5.41) is 0. The molecule has 0 saturated carbocycles. The fraction of sp³-hybridized carbons (Fsp3) is 0.500. The van der Waals surface area contributed by atoms with E-state index in [2.05, 4.69) is 0 Å². The maximum atomic E-state index is 13.5. The SMILES string of the molecule is COC(C(C)C)C(N)c1cccc(F)c1F. The summed E-state index contributed by atoms with van der Waals surface area (Å²) in [6, 6.07) is 3.33. The number of hydrogen-bond donors (Lipinski definition) is 1. The number of ether oxygens (including phenoxy) is 1. The number of benzene rings is 1. The van der Waals surface area contributed by atoms with Crippen molar-refractivity contribution in [1.82, 2.24) is 0 Å². The number of rotatable bonds is 4. The molecule has 0 radical (unpaired) electrons. The molecule has 0 aliphatic rings. The van der Waals surface area contributed by atoms with Gasteiger partial charge in [-0.2, -0.15) is 0 Å². The molecule has 16 heavy (non-hydrogen) atoms. The molecule has 0 saturated heterocycles. The van der Waals surface area contributed by atoms with Gasteiger partial charge in [0.25, 0.3) is 0 Å². The second kappa shape index (κ2) is 5.37. The first kappa shape index (κ1) is 13.1. The van der Waals surface area contributed by atoms with E-state index in [1.807, 2.05) is 13.8 Å². The van der Waals surface area contributed by atoms with Crippen LogP contribution in [-0.2, 0) is 4.74 Å². The van der Waals surface area contributed by atoms with Crippen LogP contribution in [0.5, 0.6) is 0 Å². The Morgan fingerprint density at radius 1 is 1.25 bits per heavy atom. The number of methoxy groups -OCH3 is 1. The minimum atomic E-state index is -0.891. The van der Waals surface area contributed by atoms with Crippen LogP contribution in [0.4, 0.5) is 8.78 Å². The van der Waals surface area contributed by atoms with Gasteiger partial charge in [-0.25, -0.2) is 8.78 Å². The molecule has 0 amide bonds. The fourth-order valence-corrected chi connectivity index (χ4v) is 1.79. The quantitative estimate of drug-likeness (QED) is 0.861. The van der Waals surface area contributed by atoms with Crippen LogP contribution in [0.25, 0.3) is 0 Å². The van der Waals surface area contributed by atoms with Crippen molar-refractivity contribution in [3.05, 3.63) is 35.4 Å². The van der Waals surface area contributed by atoms with Crippen molar-refractivity contribution in [1.29, 1.82) is 0 Å². The monoisotopic (exact) mass is 229 g/mol. The zero-order valence-electron chi connectivity index (χ0n) is 9.71. The van der Waals surface area contributed by atoms with Gasteiger partial charge in [0, 0.05) is 12.7 Å². The molecule has 2 unspecified atom stereocenters. The zero-order chi connectivity index (χ0) is 12.3. The van der Waals surface area contributed by atoms with Gasteiger partial charge in [-0.15, -0.1) is 0 Å². The standard InChI is InChI=1S/C12H17F2NO/c1-7(2)12(16-3)11(15)8-5-4-6-9(13)10(8)14/h4-7,11-12H,15H2,1-3H3. The molecule has 90 valence electrons. The predicted molar refractivity (Wildman–Crippen MR) is 58.9 cm³/mol. The second-order valence-electron chi connectivity index (χ2n) is 4.11. The van der Waals surface area contributed by atoms with Gasteiger partial charge < -0.3 is 10.5 Å². The highest BCUT2D eigenvalue weighted by molar-refractivity contribution is 5.23. The van der Waals surface area contributed by atoms with E-state index in [0.29, 0.717) is 0 Å². The Balaban J connectivity index is 3.03. The van der Waals surface area contributed by atoms with E-state index in [-0.39, 0.29) is 17.6 Å². The molecular weight excluding hydrogens is 212 g/mol. The highest BCUT2D eigenvalue weighted by Gasteiger charge is 2.25. The van der Waals surface area contributed by atoms with Gasteiger partial charge in [-0.1, -0.05) is 26.0 Å². The van der Waals surface area contributed by atoms with Crippen molar-refractivity contribution in [3.63, 3.8) is 0 Å². The van der Waals surface area contributed by atoms with Crippen molar-refractivity contribution in [2.24, 2.45) is 11.7 Å². The molecular formula is C12H17F2NO. The summed E-state index contributed by atoms with van der Waals surface area (Å²) in [4.78, 5) is 0. The molecule has 1 rings (SSSR count). The van der Waals surface area contributed by atoms with Crippen LogP contribution in [0, 0.1) is 17.6 Å².